The van der Waals surface area contributed by atoms with E-state index in [1.54, 1.807) is 0 Å². The molecule has 1 rings (SSSR count). The third-order valence-corrected chi connectivity index (χ3v) is 1.61. The highest BCUT2D eigenvalue weighted by Crippen LogP contribution is 2.00. The molecule has 1 aromatic rings. The fourth-order valence-corrected chi connectivity index (χ4v) is 0.817. The lowest BCUT2D eigenvalue weighted by Crippen LogP contribution is -2.29. The topological polar surface area (TPSA) is 48.9 Å². The summed E-state index contributed by atoms with van der Waals surface area (Å²) in [6.45, 7) is -3.09. The van der Waals surface area contributed by atoms with Crippen molar-refractivity contribution in [3.63, 3.8) is 0 Å². The number of halogens is 2. The molecule has 0 unspecified atom stereocenters. The highest BCUT2D eigenvalue weighted by Gasteiger charge is 2.17. The molecule has 68 valence electrons. The quantitative estimate of drug-likeness (QED) is 0.571. The largest absolute Gasteiger partial charge is 0.351 e. The van der Waals surface area contributed by atoms with Gasteiger partial charge in [0.1, 0.15) is 0 Å². The van der Waals surface area contributed by atoms with Gasteiger partial charge in [-0.05, 0) is 0 Å². The lowest BCUT2D eigenvalue weighted by molar-refractivity contribution is 0.0622. The zero-order chi connectivity index (χ0) is 9.46. The van der Waals surface area contributed by atoms with E-state index in [9.17, 15) is 18.4 Å². The van der Waals surface area contributed by atoms with E-state index in [1.165, 1.54) is 14.1 Å². The fraction of sp³-hybridized carbons (Fsp3) is 0.600. The van der Waals surface area contributed by atoms with E-state index in [0.717, 1.165) is 9.36 Å². The SMILES string of the molecule is Cn1c(=O)n(C(F)F)c(=O)n1C. The molecular formula is C5H7F2N3O2. The monoisotopic (exact) mass is 179 g/mol. The van der Waals surface area contributed by atoms with Crippen molar-refractivity contribution in [2.75, 3.05) is 0 Å². The molecule has 0 aliphatic heterocycles. The molecule has 5 nitrogen and oxygen atoms in total. The second kappa shape index (κ2) is 2.58. The van der Waals surface area contributed by atoms with Gasteiger partial charge in [-0.2, -0.15) is 13.3 Å². The van der Waals surface area contributed by atoms with Crippen LogP contribution >= 0.6 is 0 Å². The van der Waals surface area contributed by atoms with Gasteiger partial charge in [-0.15, -0.1) is 0 Å². The highest BCUT2D eigenvalue weighted by atomic mass is 19.3. The number of hydrogen-bond donors (Lipinski definition) is 0. The van der Waals surface area contributed by atoms with Crippen molar-refractivity contribution < 1.29 is 8.78 Å². The van der Waals surface area contributed by atoms with Crippen molar-refractivity contribution in [2.45, 2.75) is 6.55 Å². The molecule has 0 saturated heterocycles. The Hall–Kier alpha value is -1.40. The van der Waals surface area contributed by atoms with Gasteiger partial charge in [0.25, 0.3) is 0 Å². The van der Waals surface area contributed by atoms with Crippen LogP contribution in [0.1, 0.15) is 6.55 Å². The van der Waals surface area contributed by atoms with Crippen molar-refractivity contribution >= 4 is 0 Å². The summed E-state index contributed by atoms with van der Waals surface area (Å²) in [6.07, 6.45) is 0. The van der Waals surface area contributed by atoms with Gasteiger partial charge in [-0.3, -0.25) is 0 Å². The normalized spacial score (nSPS) is 11.1. The molecule has 0 bridgehead atoms. The van der Waals surface area contributed by atoms with Crippen LogP contribution in [0.3, 0.4) is 0 Å². The maximum atomic E-state index is 12.0. The number of alkyl halides is 2. The van der Waals surface area contributed by atoms with E-state index in [0.29, 0.717) is 0 Å². The number of nitrogens with zero attached hydrogens (tertiary/aromatic N) is 3. The third kappa shape index (κ3) is 0.973. The van der Waals surface area contributed by atoms with Gasteiger partial charge in [0.15, 0.2) is 0 Å². The van der Waals surface area contributed by atoms with Crippen LogP contribution in [0.4, 0.5) is 8.78 Å². The zero-order valence-corrected chi connectivity index (χ0v) is 6.49. The third-order valence-electron chi connectivity index (χ3n) is 1.61. The summed E-state index contributed by atoms with van der Waals surface area (Å²) in [5, 5.41) is 0. The maximum absolute atomic E-state index is 12.0. The van der Waals surface area contributed by atoms with Gasteiger partial charge in [0.2, 0.25) is 0 Å². The Balaban J connectivity index is 3.61. The summed E-state index contributed by atoms with van der Waals surface area (Å²) in [5.74, 6) is 0. The molecule has 0 atom stereocenters. The Bertz CT molecular complexity index is 366. The van der Waals surface area contributed by atoms with E-state index >= 15 is 0 Å². The first-order valence-corrected chi connectivity index (χ1v) is 3.09. The fourth-order valence-electron chi connectivity index (χ4n) is 0.817. The molecule has 0 fully saturated rings. The van der Waals surface area contributed by atoms with Crippen LogP contribution in [-0.2, 0) is 14.1 Å². The highest BCUT2D eigenvalue weighted by molar-refractivity contribution is 4.71. The first kappa shape index (κ1) is 8.69. The maximum Gasteiger partial charge on any atom is 0.351 e. The van der Waals surface area contributed by atoms with Crippen molar-refractivity contribution in [3.8, 4) is 0 Å². The molecule has 0 aliphatic rings. The Morgan fingerprint density at radius 1 is 1.08 bits per heavy atom. The summed E-state index contributed by atoms with van der Waals surface area (Å²) in [6, 6.07) is 0. The van der Waals surface area contributed by atoms with Crippen molar-refractivity contribution in [1.29, 1.82) is 0 Å². The van der Waals surface area contributed by atoms with Crippen LogP contribution in [0.2, 0.25) is 0 Å². The van der Waals surface area contributed by atoms with Gasteiger partial charge in [0.05, 0.1) is 0 Å². The molecule has 12 heavy (non-hydrogen) atoms. The summed E-state index contributed by atoms with van der Waals surface area (Å²) < 4.78 is 25.6. The minimum absolute atomic E-state index is 0.111. The predicted molar refractivity (Wildman–Crippen MR) is 36.2 cm³/mol. The first-order valence-electron chi connectivity index (χ1n) is 3.09. The molecule has 0 aliphatic carbocycles. The van der Waals surface area contributed by atoms with Crippen LogP contribution in [0, 0.1) is 0 Å². The van der Waals surface area contributed by atoms with Crippen LogP contribution < -0.4 is 11.4 Å². The van der Waals surface area contributed by atoms with E-state index in [-0.39, 0.29) is 4.57 Å². The van der Waals surface area contributed by atoms with Gasteiger partial charge >= 0.3 is 17.9 Å². The average molecular weight is 179 g/mol. The molecule has 0 aromatic carbocycles. The molecule has 1 aromatic heterocycles. The minimum Gasteiger partial charge on any atom is -0.246 e. The molecule has 7 heteroatoms. The molecule has 0 saturated carbocycles. The van der Waals surface area contributed by atoms with Crippen molar-refractivity contribution in [2.24, 2.45) is 14.1 Å². The lowest BCUT2D eigenvalue weighted by atomic mass is 11.0. The molecule has 0 N–H and O–H groups in total. The first-order chi connectivity index (χ1) is 5.46. The van der Waals surface area contributed by atoms with Crippen molar-refractivity contribution in [1.82, 2.24) is 13.9 Å². The predicted octanol–water partition coefficient (Wildman–Crippen LogP) is -0.719. The van der Waals surface area contributed by atoms with E-state index in [4.69, 9.17) is 0 Å². The molecule has 0 amide bonds. The number of hydrogen-bond acceptors (Lipinski definition) is 2. The summed E-state index contributed by atoms with van der Waals surface area (Å²) in [4.78, 5) is 21.8. The summed E-state index contributed by atoms with van der Waals surface area (Å²) in [7, 11) is 2.48. The molecule has 0 spiro atoms. The standard InChI is InChI=1S/C5H7F2N3O2/c1-8-4(11)10(3(6)7)5(12)9(8)2/h3H,1-2H3. The smallest absolute Gasteiger partial charge is 0.246 e. The van der Waals surface area contributed by atoms with E-state index in [1.807, 2.05) is 0 Å². The van der Waals surface area contributed by atoms with Gasteiger partial charge in [-0.1, -0.05) is 0 Å². The van der Waals surface area contributed by atoms with Crippen LogP contribution in [0.5, 0.6) is 0 Å². The molecule has 0 radical (unpaired) electrons. The number of rotatable bonds is 1. The number of aromatic nitrogens is 3. The van der Waals surface area contributed by atoms with Gasteiger partial charge in [0, 0.05) is 14.1 Å². The van der Waals surface area contributed by atoms with Crippen LogP contribution in [-0.4, -0.2) is 13.9 Å². The molecular weight excluding hydrogens is 172 g/mol. The van der Waals surface area contributed by atoms with E-state index < -0.39 is 17.9 Å². The summed E-state index contributed by atoms with van der Waals surface area (Å²) in [5.41, 5.74) is -2.03. The van der Waals surface area contributed by atoms with Gasteiger partial charge in [-0.25, -0.2) is 19.0 Å². The Kier molecular flexibility index (Phi) is 1.87. The zero-order valence-electron chi connectivity index (χ0n) is 6.49. The Morgan fingerprint density at radius 3 is 1.58 bits per heavy atom. The second-order valence-electron chi connectivity index (χ2n) is 2.26. The second-order valence-corrected chi connectivity index (χ2v) is 2.26. The van der Waals surface area contributed by atoms with E-state index in [2.05, 4.69) is 0 Å². The molecule has 1 heterocycles. The Morgan fingerprint density at radius 2 is 1.42 bits per heavy atom. The Labute approximate surface area is 65.4 Å². The van der Waals surface area contributed by atoms with Crippen LogP contribution in [0.15, 0.2) is 9.59 Å². The van der Waals surface area contributed by atoms with Crippen molar-refractivity contribution in [3.05, 3.63) is 21.0 Å². The lowest BCUT2D eigenvalue weighted by Gasteiger charge is -1.92. The van der Waals surface area contributed by atoms with Crippen LogP contribution in [0.25, 0.3) is 0 Å². The minimum atomic E-state index is -3.09. The summed E-state index contributed by atoms with van der Waals surface area (Å²) >= 11 is 0. The average Bonchev–Trinajstić information content (AvgIpc) is 2.16. The van der Waals surface area contributed by atoms with Gasteiger partial charge < -0.3 is 0 Å².